The Bertz CT molecular complexity index is 954. The van der Waals surface area contributed by atoms with E-state index in [1.54, 1.807) is 0 Å². The van der Waals surface area contributed by atoms with Crippen molar-refractivity contribution in [3.8, 4) is 0 Å². The second-order valence-electron chi connectivity index (χ2n) is 5.96. The summed E-state index contributed by atoms with van der Waals surface area (Å²) in [5.74, 6) is -0.0794. The van der Waals surface area contributed by atoms with Gasteiger partial charge >= 0.3 is 0 Å². The van der Waals surface area contributed by atoms with E-state index in [1.165, 1.54) is 4.68 Å². The number of carbonyl (C=O) groups excluding carboxylic acids is 1. The van der Waals surface area contributed by atoms with Crippen molar-refractivity contribution in [1.82, 2.24) is 15.0 Å². The molecule has 0 unspecified atom stereocenters. The minimum Gasteiger partial charge on any atom is -0.272 e. The first-order valence-corrected chi connectivity index (χ1v) is 8.26. The van der Waals surface area contributed by atoms with Crippen molar-refractivity contribution < 1.29 is 4.79 Å². The Kier molecular flexibility index (Phi) is 4.09. The molecule has 0 spiro atoms. The van der Waals surface area contributed by atoms with Crippen LogP contribution in [-0.4, -0.2) is 20.9 Å². The lowest BCUT2D eigenvalue weighted by atomic mass is 9.88. The third kappa shape index (κ3) is 3.06. The van der Waals surface area contributed by atoms with E-state index in [9.17, 15) is 4.79 Å². The van der Waals surface area contributed by atoms with E-state index < -0.39 is 0 Å². The maximum absolute atomic E-state index is 12.9. The molecular formula is C21H17N3O. The van der Waals surface area contributed by atoms with E-state index in [-0.39, 0.29) is 11.8 Å². The summed E-state index contributed by atoms with van der Waals surface area (Å²) in [4.78, 5) is 12.9. The van der Waals surface area contributed by atoms with Gasteiger partial charge in [-0.2, -0.15) is 4.68 Å². The Morgan fingerprint density at radius 2 is 1.36 bits per heavy atom. The van der Waals surface area contributed by atoms with Crippen LogP contribution in [0, 0.1) is 0 Å². The zero-order valence-electron chi connectivity index (χ0n) is 13.6. The Morgan fingerprint density at radius 3 is 2.00 bits per heavy atom. The summed E-state index contributed by atoms with van der Waals surface area (Å²) in [5.41, 5.74) is 3.71. The first-order valence-electron chi connectivity index (χ1n) is 8.26. The molecule has 0 atom stereocenters. The smallest absolute Gasteiger partial charge is 0.249 e. The molecule has 1 heterocycles. The van der Waals surface area contributed by atoms with Gasteiger partial charge in [0, 0.05) is 12.3 Å². The van der Waals surface area contributed by atoms with Gasteiger partial charge in [0.05, 0.1) is 5.52 Å². The van der Waals surface area contributed by atoms with Crippen molar-refractivity contribution in [2.24, 2.45) is 0 Å². The molecule has 0 saturated carbocycles. The SMILES string of the molecule is O=C(CC(c1ccccc1)c1ccccc1)n1nnc2ccccc21. The molecule has 4 nitrogen and oxygen atoms in total. The third-order valence-corrected chi connectivity index (χ3v) is 4.37. The van der Waals surface area contributed by atoms with E-state index in [2.05, 4.69) is 34.6 Å². The summed E-state index contributed by atoms with van der Waals surface area (Å²) in [6.07, 6.45) is 0.335. The van der Waals surface area contributed by atoms with Gasteiger partial charge < -0.3 is 0 Å². The molecule has 1 aromatic heterocycles. The van der Waals surface area contributed by atoms with Crippen LogP contribution in [0.15, 0.2) is 84.9 Å². The fourth-order valence-corrected chi connectivity index (χ4v) is 3.11. The van der Waals surface area contributed by atoms with Gasteiger partial charge in [-0.25, -0.2) is 0 Å². The molecule has 4 aromatic rings. The Balaban J connectivity index is 1.70. The summed E-state index contributed by atoms with van der Waals surface area (Å²) in [5, 5.41) is 8.14. The summed E-state index contributed by atoms with van der Waals surface area (Å²) < 4.78 is 1.41. The zero-order valence-corrected chi connectivity index (χ0v) is 13.6. The predicted octanol–water partition coefficient (Wildman–Crippen LogP) is 4.29. The van der Waals surface area contributed by atoms with E-state index in [0.29, 0.717) is 6.42 Å². The Labute approximate surface area is 145 Å². The summed E-state index contributed by atoms with van der Waals surface area (Å²) in [6, 6.07) is 27.7. The number of fused-ring (bicyclic) bond motifs is 1. The Hall–Kier alpha value is -3.27. The van der Waals surface area contributed by atoms with Gasteiger partial charge in [0.1, 0.15) is 5.52 Å². The van der Waals surface area contributed by atoms with E-state index >= 15 is 0 Å². The number of para-hydroxylation sites is 1. The average molecular weight is 327 g/mol. The summed E-state index contributed by atoms with van der Waals surface area (Å²) >= 11 is 0. The molecule has 4 rings (SSSR count). The van der Waals surface area contributed by atoms with Crippen LogP contribution in [0.3, 0.4) is 0 Å². The minimum atomic E-state index is -0.0635. The standard InChI is InChI=1S/C21H17N3O/c25-21(24-20-14-8-7-13-19(20)22-23-24)15-18(16-9-3-1-4-10-16)17-11-5-2-6-12-17/h1-14,18H,15H2. The van der Waals surface area contributed by atoms with E-state index in [0.717, 1.165) is 22.2 Å². The highest BCUT2D eigenvalue weighted by Crippen LogP contribution is 2.28. The van der Waals surface area contributed by atoms with Crippen LogP contribution in [0.25, 0.3) is 11.0 Å². The van der Waals surface area contributed by atoms with Crippen molar-refractivity contribution in [3.63, 3.8) is 0 Å². The van der Waals surface area contributed by atoms with Crippen LogP contribution < -0.4 is 0 Å². The number of carbonyl (C=O) groups is 1. The van der Waals surface area contributed by atoms with Gasteiger partial charge in [-0.05, 0) is 23.3 Å². The number of hydrogen-bond acceptors (Lipinski definition) is 3. The van der Waals surface area contributed by atoms with Gasteiger partial charge in [0.25, 0.3) is 0 Å². The number of nitrogens with zero attached hydrogens (tertiary/aromatic N) is 3. The molecule has 25 heavy (non-hydrogen) atoms. The fourth-order valence-electron chi connectivity index (χ4n) is 3.11. The molecule has 0 aliphatic carbocycles. The number of rotatable bonds is 4. The second-order valence-corrected chi connectivity index (χ2v) is 5.96. The molecule has 0 aliphatic rings. The topological polar surface area (TPSA) is 47.8 Å². The third-order valence-electron chi connectivity index (χ3n) is 4.37. The molecule has 0 fully saturated rings. The van der Waals surface area contributed by atoms with E-state index in [1.807, 2.05) is 60.7 Å². The maximum atomic E-state index is 12.9. The lowest BCUT2D eigenvalue weighted by Gasteiger charge is -2.17. The molecular weight excluding hydrogens is 310 g/mol. The highest BCUT2D eigenvalue weighted by molar-refractivity contribution is 5.89. The first kappa shape index (κ1) is 15.3. The molecule has 122 valence electrons. The summed E-state index contributed by atoms with van der Waals surface area (Å²) in [6.45, 7) is 0. The van der Waals surface area contributed by atoms with Crippen LogP contribution >= 0.6 is 0 Å². The minimum absolute atomic E-state index is 0.0159. The molecule has 0 bridgehead atoms. The monoisotopic (exact) mass is 327 g/mol. The second kappa shape index (κ2) is 6.69. The quantitative estimate of drug-likeness (QED) is 0.561. The van der Waals surface area contributed by atoms with Crippen LogP contribution in [-0.2, 0) is 0 Å². The molecule has 0 N–H and O–H groups in total. The zero-order chi connectivity index (χ0) is 17.1. The number of hydrogen-bond donors (Lipinski definition) is 0. The van der Waals surface area contributed by atoms with E-state index in [4.69, 9.17) is 0 Å². The lowest BCUT2D eigenvalue weighted by Crippen LogP contribution is -2.17. The fraction of sp³-hybridized carbons (Fsp3) is 0.0952. The van der Waals surface area contributed by atoms with Gasteiger partial charge in [0.2, 0.25) is 5.91 Å². The number of aromatic nitrogens is 3. The molecule has 0 aliphatic heterocycles. The molecule has 0 saturated heterocycles. The van der Waals surface area contributed by atoms with Crippen LogP contribution in [0.1, 0.15) is 28.3 Å². The predicted molar refractivity (Wildman–Crippen MR) is 97.5 cm³/mol. The highest BCUT2D eigenvalue weighted by atomic mass is 16.2. The number of benzene rings is 3. The Morgan fingerprint density at radius 1 is 0.800 bits per heavy atom. The lowest BCUT2D eigenvalue weighted by molar-refractivity contribution is 0.0884. The van der Waals surface area contributed by atoms with Gasteiger partial charge in [-0.1, -0.05) is 78.0 Å². The molecule has 0 amide bonds. The van der Waals surface area contributed by atoms with Crippen LogP contribution in [0.4, 0.5) is 0 Å². The molecule has 3 aromatic carbocycles. The largest absolute Gasteiger partial charge is 0.272 e. The first-order chi connectivity index (χ1) is 12.3. The van der Waals surface area contributed by atoms with Gasteiger partial charge in [0.15, 0.2) is 0 Å². The van der Waals surface area contributed by atoms with Crippen molar-refractivity contribution in [3.05, 3.63) is 96.1 Å². The van der Waals surface area contributed by atoms with Gasteiger partial charge in [-0.3, -0.25) is 4.79 Å². The maximum Gasteiger partial charge on any atom is 0.249 e. The average Bonchev–Trinajstić information content (AvgIpc) is 3.11. The van der Waals surface area contributed by atoms with Crippen LogP contribution in [0.2, 0.25) is 0 Å². The van der Waals surface area contributed by atoms with Crippen molar-refractivity contribution in [2.75, 3.05) is 0 Å². The highest BCUT2D eigenvalue weighted by Gasteiger charge is 2.21. The van der Waals surface area contributed by atoms with Crippen molar-refractivity contribution >= 4 is 16.9 Å². The normalized spacial score (nSPS) is 11.1. The van der Waals surface area contributed by atoms with Crippen molar-refractivity contribution in [2.45, 2.75) is 12.3 Å². The molecule has 0 radical (unpaired) electrons. The van der Waals surface area contributed by atoms with Crippen molar-refractivity contribution in [1.29, 1.82) is 0 Å². The van der Waals surface area contributed by atoms with Crippen LogP contribution in [0.5, 0.6) is 0 Å². The van der Waals surface area contributed by atoms with Gasteiger partial charge in [-0.15, -0.1) is 5.10 Å². The molecule has 4 heteroatoms. The summed E-state index contributed by atoms with van der Waals surface area (Å²) in [7, 11) is 0.